The van der Waals surface area contributed by atoms with Crippen molar-refractivity contribution in [2.45, 2.75) is 19.8 Å². The van der Waals surface area contributed by atoms with Gasteiger partial charge in [0.05, 0.1) is 16.8 Å². The smallest absolute Gasteiger partial charge is 0.335 e. The first-order valence-corrected chi connectivity index (χ1v) is 10.6. The zero-order valence-electron chi connectivity index (χ0n) is 18.2. The minimum Gasteiger partial charge on any atom is -0.478 e. The van der Waals surface area contributed by atoms with Crippen LogP contribution in [0.1, 0.15) is 46.2 Å². The van der Waals surface area contributed by atoms with Crippen LogP contribution in [-0.4, -0.2) is 22.0 Å². The minimum atomic E-state index is -1.03. The van der Waals surface area contributed by atoms with Crippen molar-refractivity contribution in [1.29, 1.82) is 0 Å². The molecule has 0 atom stereocenters. The Labute approximate surface area is 190 Å². The number of carbonyl (C=O) groups is 2. The molecule has 3 aromatic carbocycles. The number of aromatic amines is 1. The average molecular weight is 442 g/mol. The number of aromatic nitrogens is 1. The maximum Gasteiger partial charge on any atom is 0.335 e. The number of carboxylic acid groups (broad SMARTS) is 1. The van der Waals surface area contributed by atoms with E-state index in [1.807, 2.05) is 44.2 Å². The quantitative estimate of drug-likeness (QED) is 0.316. The van der Waals surface area contributed by atoms with Gasteiger partial charge in [-0.2, -0.15) is 0 Å². The number of H-pyrrole nitrogens is 1. The number of amides is 1. The van der Waals surface area contributed by atoms with E-state index in [-0.39, 0.29) is 23.2 Å². The van der Waals surface area contributed by atoms with E-state index in [2.05, 4.69) is 10.3 Å². The summed E-state index contributed by atoms with van der Waals surface area (Å²) >= 11 is 0. The summed E-state index contributed by atoms with van der Waals surface area (Å²) in [6, 6.07) is 21.7. The number of halogens is 1. The second-order valence-corrected chi connectivity index (χ2v) is 8.03. The van der Waals surface area contributed by atoms with Crippen molar-refractivity contribution < 1.29 is 19.1 Å². The molecule has 0 bridgehead atoms. The Morgan fingerprint density at radius 1 is 0.879 bits per heavy atom. The molecule has 1 aromatic heterocycles. The third kappa shape index (κ3) is 4.55. The number of nitrogens with one attached hydrogen (secondary N) is 2. The molecule has 1 heterocycles. The lowest BCUT2D eigenvalue weighted by atomic mass is 9.94. The van der Waals surface area contributed by atoms with Crippen molar-refractivity contribution in [3.63, 3.8) is 0 Å². The molecule has 33 heavy (non-hydrogen) atoms. The molecular weight excluding hydrogens is 419 g/mol. The maximum atomic E-state index is 13.6. The van der Waals surface area contributed by atoms with Gasteiger partial charge in [0, 0.05) is 16.9 Å². The van der Waals surface area contributed by atoms with Gasteiger partial charge in [-0.15, -0.1) is 0 Å². The molecule has 1 amide bonds. The largest absolute Gasteiger partial charge is 0.478 e. The van der Waals surface area contributed by atoms with E-state index in [0.29, 0.717) is 11.3 Å². The van der Waals surface area contributed by atoms with E-state index in [0.717, 1.165) is 28.1 Å². The molecular formula is C27H23FN2O3. The highest BCUT2D eigenvalue weighted by molar-refractivity contribution is 6.12. The average Bonchev–Trinajstić information content (AvgIpc) is 3.22. The summed E-state index contributed by atoms with van der Waals surface area (Å²) in [4.78, 5) is 28.1. The Hall–Kier alpha value is -4.19. The molecule has 0 saturated carbocycles. The van der Waals surface area contributed by atoms with Gasteiger partial charge >= 0.3 is 5.97 Å². The minimum absolute atomic E-state index is 0.0109. The highest BCUT2D eigenvalue weighted by atomic mass is 19.1. The molecule has 0 aliphatic heterocycles. The zero-order valence-corrected chi connectivity index (χ0v) is 18.2. The Kier molecular flexibility index (Phi) is 6.09. The van der Waals surface area contributed by atoms with Gasteiger partial charge in [0.25, 0.3) is 5.91 Å². The summed E-state index contributed by atoms with van der Waals surface area (Å²) in [6.45, 7) is 3.99. The fraction of sp³-hybridized carbons (Fsp3) is 0.111. The first-order chi connectivity index (χ1) is 15.8. The van der Waals surface area contributed by atoms with Crippen LogP contribution in [0.5, 0.6) is 0 Å². The fourth-order valence-corrected chi connectivity index (χ4v) is 3.80. The van der Waals surface area contributed by atoms with Crippen molar-refractivity contribution in [3.05, 3.63) is 102 Å². The Morgan fingerprint density at radius 3 is 2.09 bits per heavy atom. The molecule has 3 N–H and O–H groups in total. The molecule has 0 fully saturated rings. The standard InChI is InChI=1S/C27H23FN2O3/c1-16(2)24-23(26(31)29-21-14-10-19(11-15-21)27(32)33)22(17-6-4-3-5-7-17)25(30-24)18-8-12-20(28)13-9-18/h3-16,30H,1-2H3,(H,29,31)(H,32,33). The summed E-state index contributed by atoms with van der Waals surface area (Å²) in [6.07, 6.45) is 0. The van der Waals surface area contributed by atoms with Crippen LogP contribution in [0.15, 0.2) is 78.9 Å². The molecule has 166 valence electrons. The van der Waals surface area contributed by atoms with E-state index in [1.165, 1.54) is 24.3 Å². The Morgan fingerprint density at radius 2 is 1.52 bits per heavy atom. The summed E-state index contributed by atoms with van der Waals surface area (Å²) in [5.41, 5.74) is 4.96. The summed E-state index contributed by atoms with van der Waals surface area (Å²) in [5.74, 6) is -1.67. The third-order valence-electron chi connectivity index (χ3n) is 5.42. The Balaban J connectivity index is 1.86. The van der Waals surface area contributed by atoms with Crippen molar-refractivity contribution in [2.24, 2.45) is 0 Å². The molecule has 0 aliphatic carbocycles. The van der Waals surface area contributed by atoms with Crippen LogP contribution >= 0.6 is 0 Å². The predicted octanol–water partition coefficient (Wildman–Crippen LogP) is 6.56. The summed E-state index contributed by atoms with van der Waals surface area (Å²) in [7, 11) is 0. The second kappa shape index (κ2) is 9.12. The monoisotopic (exact) mass is 442 g/mol. The van der Waals surface area contributed by atoms with Gasteiger partial charge in [-0.1, -0.05) is 44.2 Å². The van der Waals surface area contributed by atoms with Crippen molar-refractivity contribution in [2.75, 3.05) is 5.32 Å². The molecule has 0 radical (unpaired) electrons. The van der Waals surface area contributed by atoms with Crippen LogP contribution in [0.4, 0.5) is 10.1 Å². The topological polar surface area (TPSA) is 82.2 Å². The Bertz CT molecular complexity index is 1290. The lowest BCUT2D eigenvalue weighted by Gasteiger charge is -2.12. The molecule has 5 nitrogen and oxygen atoms in total. The molecule has 4 rings (SSSR count). The van der Waals surface area contributed by atoms with Gasteiger partial charge in [-0.05, 0) is 65.6 Å². The number of benzene rings is 3. The normalized spacial score (nSPS) is 10.9. The van der Waals surface area contributed by atoms with Crippen LogP contribution in [0.3, 0.4) is 0 Å². The number of hydrogen-bond acceptors (Lipinski definition) is 2. The molecule has 0 aliphatic rings. The number of aromatic carboxylic acids is 1. The van der Waals surface area contributed by atoms with Crippen LogP contribution in [0.2, 0.25) is 0 Å². The van der Waals surface area contributed by atoms with Gasteiger partial charge in [-0.3, -0.25) is 4.79 Å². The SMILES string of the molecule is CC(C)c1[nH]c(-c2ccc(F)cc2)c(-c2ccccc2)c1C(=O)Nc1ccc(C(=O)O)cc1. The summed E-state index contributed by atoms with van der Waals surface area (Å²) in [5, 5.41) is 12.0. The van der Waals surface area contributed by atoms with Crippen LogP contribution in [0.25, 0.3) is 22.4 Å². The zero-order chi connectivity index (χ0) is 23.5. The number of hydrogen-bond donors (Lipinski definition) is 3. The second-order valence-electron chi connectivity index (χ2n) is 8.03. The van der Waals surface area contributed by atoms with Crippen molar-refractivity contribution in [3.8, 4) is 22.4 Å². The molecule has 0 saturated heterocycles. The predicted molar refractivity (Wildman–Crippen MR) is 127 cm³/mol. The van der Waals surface area contributed by atoms with E-state index in [9.17, 15) is 14.0 Å². The lowest BCUT2D eigenvalue weighted by Crippen LogP contribution is -2.15. The molecule has 4 aromatic rings. The molecule has 6 heteroatoms. The highest BCUT2D eigenvalue weighted by Gasteiger charge is 2.26. The van der Waals surface area contributed by atoms with Crippen molar-refractivity contribution in [1.82, 2.24) is 4.98 Å². The van der Waals surface area contributed by atoms with Gasteiger partial charge in [-0.25, -0.2) is 9.18 Å². The van der Waals surface area contributed by atoms with Crippen molar-refractivity contribution >= 4 is 17.6 Å². The molecule has 0 spiro atoms. The van der Waals surface area contributed by atoms with E-state index in [1.54, 1.807) is 24.3 Å². The van der Waals surface area contributed by atoms with E-state index >= 15 is 0 Å². The van der Waals surface area contributed by atoms with Crippen LogP contribution in [-0.2, 0) is 0 Å². The highest BCUT2D eigenvalue weighted by Crippen LogP contribution is 2.39. The lowest BCUT2D eigenvalue weighted by molar-refractivity contribution is 0.0696. The maximum absolute atomic E-state index is 13.6. The first kappa shape index (κ1) is 22.0. The molecule has 0 unspecified atom stereocenters. The fourth-order valence-electron chi connectivity index (χ4n) is 3.80. The first-order valence-electron chi connectivity index (χ1n) is 10.6. The number of carboxylic acids is 1. The van der Waals surface area contributed by atoms with Gasteiger partial charge in [0.15, 0.2) is 0 Å². The number of anilines is 1. The third-order valence-corrected chi connectivity index (χ3v) is 5.42. The summed E-state index contributed by atoms with van der Waals surface area (Å²) < 4.78 is 13.6. The van der Waals surface area contributed by atoms with E-state index in [4.69, 9.17) is 5.11 Å². The van der Waals surface area contributed by atoms with Gasteiger partial charge < -0.3 is 15.4 Å². The number of carbonyl (C=O) groups excluding carboxylic acids is 1. The van der Waals surface area contributed by atoms with Gasteiger partial charge in [0.2, 0.25) is 0 Å². The van der Waals surface area contributed by atoms with Crippen LogP contribution in [0, 0.1) is 5.82 Å². The van der Waals surface area contributed by atoms with Gasteiger partial charge in [0.1, 0.15) is 5.82 Å². The van der Waals surface area contributed by atoms with Crippen LogP contribution < -0.4 is 5.32 Å². The number of rotatable bonds is 6. The van der Waals surface area contributed by atoms with E-state index < -0.39 is 5.97 Å².